The zero-order chi connectivity index (χ0) is 23.2. The molecule has 33 heavy (non-hydrogen) atoms. The second-order valence-electron chi connectivity index (χ2n) is 7.78. The van der Waals surface area contributed by atoms with Crippen LogP contribution in [0.25, 0.3) is 0 Å². The van der Waals surface area contributed by atoms with E-state index in [2.05, 4.69) is 10.3 Å². The number of aliphatic hydroxyl groups excluding tert-OH is 1. The van der Waals surface area contributed by atoms with Crippen molar-refractivity contribution >= 4 is 5.91 Å². The molecule has 1 aliphatic heterocycles. The summed E-state index contributed by atoms with van der Waals surface area (Å²) in [7, 11) is 0. The van der Waals surface area contributed by atoms with E-state index >= 15 is 0 Å². The average Bonchev–Trinajstić information content (AvgIpc) is 3.29. The van der Waals surface area contributed by atoms with E-state index in [0.717, 1.165) is 22.4 Å². The summed E-state index contributed by atoms with van der Waals surface area (Å²) < 4.78 is 22.1. The van der Waals surface area contributed by atoms with Gasteiger partial charge in [-0.3, -0.25) is 9.78 Å². The smallest absolute Gasteiger partial charge is 0.251 e. The third-order valence-corrected chi connectivity index (χ3v) is 5.11. The normalized spacial score (nSPS) is 12.8. The Morgan fingerprint density at radius 3 is 2.67 bits per heavy atom. The summed E-state index contributed by atoms with van der Waals surface area (Å²) in [5, 5.41) is 13.0. The predicted octanol–water partition coefficient (Wildman–Crippen LogP) is 3.18. The van der Waals surface area contributed by atoms with Crippen LogP contribution >= 0.6 is 0 Å². The first-order valence-corrected chi connectivity index (χ1v) is 10.6. The van der Waals surface area contributed by atoms with Crippen LogP contribution in [0.1, 0.15) is 27.0 Å². The molecule has 2 aromatic carbocycles. The second kappa shape index (κ2) is 10.2. The molecule has 1 aromatic heterocycles. The molecule has 3 aromatic rings. The van der Waals surface area contributed by atoms with Crippen LogP contribution in [0.5, 0.6) is 23.0 Å². The number of nitrogens with one attached hydrogen (secondary N) is 1. The third kappa shape index (κ3) is 5.72. The maximum Gasteiger partial charge on any atom is 0.251 e. The van der Waals surface area contributed by atoms with Crippen molar-refractivity contribution in [2.24, 2.45) is 0 Å². The molecule has 0 saturated heterocycles. The van der Waals surface area contributed by atoms with Gasteiger partial charge < -0.3 is 29.4 Å². The minimum atomic E-state index is -0.872. The fraction of sp³-hybridized carbons (Fsp3) is 0.280. The van der Waals surface area contributed by atoms with Gasteiger partial charge in [0.05, 0.1) is 0 Å². The van der Waals surface area contributed by atoms with Crippen LogP contribution in [0.4, 0.5) is 0 Å². The van der Waals surface area contributed by atoms with Gasteiger partial charge in [-0.15, -0.1) is 0 Å². The molecule has 2 N–H and O–H groups in total. The largest absolute Gasteiger partial charge is 0.491 e. The van der Waals surface area contributed by atoms with Crippen molar-refractivity contribution < 1.29 is 28.8 Å². The Bertz CT molecular complexity index is 1100. The number of nitrogens with zero attached hydrogens (tertiary/aromatic N) is 1. The zero-order valence-corrected chi connectivity index (χ0v) is 18.5. The van der Waals surface area contributed by atoms with Gasteiger partial charge in [0.15, 0.2) is 11.5 Å². The molecule has 1 aliphatic rings. The van der Waals surface area contributed by atoms with E-state index in [4.69, 9.17) is 18.9 Å². The molecule has 0 aliphatic carbocycles. The second-order valence-corrected chi connectivity index (χ2v) is 7.78. The highest BCUT2D eigenvalue weighted by molar-refractivity contribution is 5.94. The number of hydrogen-bond donors (Lipinski definition) is 2. The van der Waals surface area contributed by atoms with Gasteiger partial charge >= 0.3 is 0 Å². The Balaban J connectivity index is 1.27. The summed E-state index contributed by atoms with van der Waals surface area (Å²) >= 11 is 0. The third-order valence-electron chi connectivity index (χ3n) is 5.11. The molecule has 1 unspecified atom stereocenters. The van der Waals surface area contributed by atoms with Crippen LogP contribution in [0.2, 0.25) is 0 Å². The highest BCUT2D eigenvalue weighted by Crippen LogP contribution is 2.35. The molecule has 0 spiro atoms. The standard InChI is InChI=1S/C25H26N2O6/c1-16-8-19(9-17(2)24(16)31-13-18-4-3-7-26-11-18)25(29)27-12-20(28)14-30-21-5-6-22-23(10-21)33-15-32-22/h3-11,20,28H,12-15H2,1-2H3,(H,27,29). The van der Waals surface area contributed by atoms with E-state index in [1.165, 1.54) is 0 Å². The quantitative estimate of drug-likeness (QED) is 0.517. The highest BCUT2D eigenvalue weighted by Gasteiger charge is 2.16. The van der Waals surface area contributed by atoms with E-state index in [1.54, 1.807) is 42.7 Å². The molecule has 172 valence electrons. The average molecular weight is 450 g/mol. The number of carbonyl (C=O) groups excluding carboxylic acids is 1. The number of fused-ring (bicyclic) bond motifs is 1. The molecular formula is C25H26N2O6. The molecule has 0 radical (unpaired) electrons. The van der Waals surface area contributed by atoms with Crippen LogP contribution in [-0.4, -0.2) is 42.0 Å². The minimum absolute atomic E-state index is 0.0269. The van der Waals surface area contributed by atoms with Gasteiger partial charge in [-0.05, 0) is 55.3 Å². The van der Waals surface area contributed by atoms with Crippen LogP contribution in [0.15, 0.2) is 54.9 Å². The number of aryl methyl sites for hydroxylation is 2. The Morgan fingerprint density at radius 2 is 1.91 bits per heavy atom. The Morgan fingerprint density at radius 1 is 1.12 bits per heavy atom. The summed E-state index contributed by atoms with van der Waals surface area (Å²) in [4.78, 5) is 16.7. The topological polar surface area (TPSA) is 99.1 Å². The summed E-state index contributed by atoms with van der Waals surface area (Å²) in [6.45, 7) is 4.47. The molecule has 0 bridgehead atoms. The lowest BCUT2D eigenvalue weighted by Gasteiger charge is -2.16. The molecule has 0 saturated carbocycles. The number of benzene rings is 2. The van der Waals surface area contributed by atoms with Gasteiger partial charge in [0.1, 0.15) is 30.8 Å². The van der Waals surface area contributed by atoms with Gasteiger partial charge in [-0.25, -0.2) is 0 Å². The first kappa shape index (κ1) is 22.4. The van der Waals surface area contributed by atoms with Crippen molar-refractivity contribution in [1.82, 2.24) is 10.3 Å². The Labute approximate surface area is 192 Å². The number of aliphatic hydroxyl groups is 1. The molecule has 8 nitrogen and oxygen atoms in total. The van der Waals surface area contributed by atoms with E-state index in [9.17, 15) is 9.90 Å². The SMILES string of the molecule is Cc1cc(C(=O)NCC(O)COc2ccc3c(c2)OCO3)cc(C)c1OCc1cccnc1. The van der Waals surface area contributed by atoms with Crippen molar-refractivity contribution in [1.29, 1.82) is 0 Å². The molecule has 1 amide bonds. The molecule has 8 heteroatoms. The van der Waals surface area contributed by atoms with Crippen molar-refractivity contribution in [2.75, 3.05) is 19.9 Å². The number of carbonyl (C=O) groups is 1. The minimum Gasteiger partial charge on any atom is -0.491 e. The Hall–Kier alpha value is -3.78. The number of rotatable bonds is 9. The van der Waals surface area contributed by atoms with Crippen molar-refractivity contribution in [3.05, 3.63) is 77.1 Å². The van der Waals surface area contributed by atoms with Gasteiger partial charge in [-0.2, -0.15) is 0 Å². The van der Waals surface area contributed by atoms with Gasteiger partial charge in [-0.1, -0.05) is 6.07 Å². The van der Waals surface area contributed by atoms with Crippen molar-refractivity contribution in [2.45, 2.75) is 26.6 Å². The number of hydrogen-bond acceptors (Lipinski definition) is 7. The lowest BCUT2D eigenvalue weighted by molar-refractivity contribution is 0.0843. The predicted molar refractivity (Wildman–Crippen MR) is 121 cm³/mol. The number of pyridine rings is 1. The molecule has 0 fully saturated rings. The van der Waals surface area contributed by atoms with Gasteiger partial charge in [0.2, 0.25) is 6.79 Å². The maximum absolute atomic E-state index is 12.6. The van der Waals surface area contributed by atoms with Gasteiger partial charge in [0, 0.05) is 36.1 Å². The fourth-order valence-electron chi connectivity index (χ4n) is 3.48. The monoisotopic (exact) mass is 450 g/mol. The zero-order valence-electron chi connectivity index (χ0n) is 18.5. The summed E-state index contributed by atoms with van der Waals surface area (Å²) in [6, 6.07) is 12.5. The molecular weight excluding hydrogens is 424 g/mol. The summed E-state index contributed by atoms with van der Waals surface area (Å²) in [6.07, 6.45) is 2.60. The van der Waals surface area contributed by atoms with Crippen LogP contribution in [-0.2, 0) is 6.61 Å². The summed E-state index contributed by atoms with van der Waals surface area (Å²) in [5.41, 5.74) is 3.18. The van der Waals surface area contributed by atoms with Gasteiger partial charge in [0.25, 0.3) is 5.91 Å². The molecule has 4 rings (SSSR count). The lowest BCUT2D eigenvalue weighted by atomic mass is 10.0. The highest BCUT2D eigenvalue weighted by atomic mass is 16.7. The number of aromatic nitrogens is 1. The van der Waals surface area contributed by atoms with Crippen LogP contribution in [0, 0.1) is 13.8 Å². The van der Waals surface area contributed by atoms with E-state index in [0.29, 0.717) is 29.4 Å². The van der Waals surface area contributed by atoms with Crippen LogP contribution in [0.3, 0.4) is 0 Å². The first-order valence-electron chi connectivity index (χ1n) is 10.6. The van der Waals surface area contributed by atoms with E-state index in [-0.39, 0.29) is 25.9 Å². The van der Waals surface area contributed by atoms with E-state index < -0.39 is 6.10 Å². The molecule has 1 atom stereocenters. The lowest BCUT2D eigenvalue weighted by Crippen LogP contribution is -2.35. The Kier molecular flexibility index (Phi) is 6.95. The summed E-state index contributed by atoms with van der Waals surface area (Å²) in [5.74, 6) is 2.29. The van der Waals surface area contributed by atoms with E-state index in [1.807, 2.05) is 26.0 Å². The number of amides is 1. The van der Waals surface area contributed by atoms with Crippen molar-refractivity contribution in [3.8, 4) is 23.0 Å². The number of ether oxygens (including phenoxy) is 4. The van der Waals surface area contributed by atoms with Crippen LogP contribution < -0.4 is 24.3 Å². The fourth-order valence-corrected chi connectivity index (χ4v) is 3.48. The first-order chi connectivity index (χ1) is 16.0. The molecule has 2 heterocycles. The maximum atomic E-state index is 12.6. The van der Waals surface area contributed by atoms with Crippen molar-refractivity contribution in [3.63, 3.8) is 0 Å².